The minimum absolute atomic E-state index is 0.210. The van der Waals surface area contributed by atoms with Crippen LogP contribution in [0.3, 0.4) is 0 Å². The number of halogens is 3. The molecule has 11 heteroatoms. The number of anilines is 2. The van der Waals surface area contributed by atoms with Gasteiger partial charge in [0, 0.05) is 11.1 Å². The summed E-state index contributed by atoms with van der Waals surface area (Å²) in [5.74, 6) is -4.23. The number of nitrogens with zero attached hydrogens (tertiary/aromatic N) is 1. The lowest BCUT2D eigenvalue weighted by atomic mass is 10.1. The fourth-order valence-electron chi connectivity index (χ4n) is 2.89. The maximum absolute atomic E-state index is 14.7. The fraction of sp³-hybridized carbons (Fsp3) is 0.263. The summed E-state index contributed by atoms with van der Waals surface area (Å²) in [5, 5.41) is 3.11. The number of nitrogens with one attached hydrogen (secondary N) is 3. The smallest absolute Gasteiger partial charge is 0.261 e. The van der Waals surface area contributed by atoms with Crippen molar-refractivity contribution in [2.24, 2.45) is 0 Å². The third-order valence-corrected chi connectivity index (χ3v) is 5.91. The zero-order chi connectivity index (χ0) is 22.1. The zero-order valence-electron chi connectivity index (χ0n) is 16.1. The minimum Gasteiger partial charge on any atom is -0.343 e. The molecule has 2 heterocycles. The number of aryl methyl sites for hydroxylation is 2. The number of aromatic amines is 1. The van der Waals surface area contributed by atoms with Gasteiger partial charge in [-0.3, -0.25) is 13.9 Å². The highest BCUT2D eigenvalue weighted by Crippen LogP contribution is 2.25. The van der Waals surface area contributed by atoms with E-state index in [1.807, 2.05) is 18.6 Å². The molecule has 0 atom stereocenters. The fourth-order valence-corrected chi connectivity index (χ4v) is 3.97. The highest BCUT2D eigenvalue weighted by atomic mass is 32.2. The van der Waals surface area contributed by atoms with Crippen LogP contribution in [-0.2, 0) is 10.0 Å². The zero-order valence-corrected chi connectivity index (χ0v) is 17.0. The Morgan fingerprint density at radius 1 is 1.23 bits per heavy atom. The lowest BCUT2D eigenvalue weighted by Gasteiger charge is -2.12. The van der Waals surface area contributed by atoms with Gasteiger partial charge in [-0.15, -0.1) is 0 Å². The van der Waals surface area contributed by atoms with Crippen LogP contribution in [0, 0.1) is 25.5 Å². The van der Waals surface area contributed by atoms with E-state index in [1.165, 1.54) is 6.20 Å². The van der Waals surface area contributed by atoms with Gasteiger partial charge in [0.2, 0.25) is 10.0 Å². The number of alkyl halides is 1. The first kappa shape index (κ1) is 21.6. The first-order chi connectivity index (χ1) is 14.1. The molecule has 0 saturated heterocycles. The molecule has 1 aromatic carbocycles. The normalized spacial score (nSPS) is 11.6. The van der Waals surface area contributed by atoms with E-state index >= 15 is 0 Å². The Bertz CT molecular complexity index is 1230. The van der Waals surface area contributed by atoms with Crippen molar-refractivity contribution in [3.8, 4) is 0 Å². The molecular formula is C19H19F3N4O3S. The molecule has 3 N–H and O–H groups in total. The van der Waals surface area contributed by atoms with Gasteiger partial charge in [-0.2, -0.15) is 0 Å². The van der Waals surface area contributed by atoms with Gasteiger partial charge < -0.3 is 10.3 Å². The second-order valence-electron chi connectivity index (χ2n) is 6.70. The Morgan fingerprint density at radius 2 is 1.97 bits per heavy atom. The van der Waals surface area contributed by atoms with Gasteiger partial charge >= 0.3 is 0 Å². The number of H-pyrrole nitrogens is 1. The first-order valence-electron chi connectivity index (χ1n) is 8.93. The van der Waals surface area contributed by atoms with E-state index in [-0.39, 0.29) is 12.1 Å². The van der Waals surface area contributed by atoms with Crippen molar-refractivity contribution in [2.75, 3.05) is 22.5 Å². The number of amides is 1. The third-order valence-electron chi connectivity index (χ3n) is 4.55. The molecule has 0 aliphatic heterocycles. The molecule has 0 saturated carbocycles. The van der Waals surface area contributed by atoms with E-state index in [4.69, 9.17) is 0 Å². The van der Waals surface area contributed by atoms with Gasteiger partial charge in [-0.05, 0) is 44.0 Å². The molecule has 3 aromatic rings. The Kier molecular flexibility index (Phi) is 6.01. The summed E-state index contributed by atoms with van der Waals surface area (Å²) in [6.45, 7) is 2.86. The monoisotopic (exact) mass is 440 g/mol. The molecule has 1 amide bonds. The molecule has 7 nitrogen and oxygen atoms in total. The van der Waals surface area contributed by atoms with Gasteiger partial charge in [0.05, 0.1) is 30.0 Å². The number of benzene rings is 1. The van der Waals surface area contributed by atoms with E-state index in [0.717, 1.165) is 28.8 Å². The van der Waals surface area contributed by atoms with Crippen LogP contribution in [0.2, 0.25) is 0 Å². The van der Waals surface area contributed by atoms with Crippen LogP contribution in [0.5, 0.6) is 0 Å². The number of hydrogen-bond donors (Lipinski definition) is 3. The quantitative estimate of drug-likeness (QED) is 0.520. The van der Waals surface area contributed by atoms with Gasteiger partial charge in [0.1, 0.15) is 17.0 Å². The maximum Gasteiger partial charge on any atom is 0.261 e. The van der Waals surface area contributed by atoms with Crippen LogP contribution < -0.4 is 10.0 Å². The Balaban J connectivity index is 1.89. The number of hydrogen-bond acceptors (Lipinski definition) is 4. The van der Waals surface area contributed by atoms with Gasteiger partial charge in [-0.25, -0.2) is 22.2 Å². The second-order valence-corrected chi connectivity index (χ2v) is 8.54. The Hall–Kier alpha value is -3.08. The van der Waals surface area contributed by atoms with Crippen molar-refractivity contribution in [3.63, 3.8) is 0 Å². The second kappa shape index (κ2) is 8.34. The van der Waals surface area contributed by atoms with Crippen molar-refractivity contribution in [1.82, 2.24) is 9.97 Å². The van der Waals surface area contributed by atoms with Crippen molar-refractivity contribution in [2.45, 2.75) is 20.3 Å². The average Bonchev–Trinajstić information content (AvgIpc) is 2.96. The van der Waals surface area contributed by atoms with Crippen LogP contribution in [0.15, 0.2) is 24.4 Å². The van der Waals surface area contributed by atoms with Crippen LogP contribution in [-0.4, -0.2) is 36.7 Å². The van der Waals surface area contributed by atoms with Gasteiger partial charge in [0.25, 0.3) is 5.91 Å². The topological polar surface area (TPSA) is 104 Å². The van der Waals surface area contributed by atoms with Gasteiger partial charge in [-0.1, -0.05) is 0 Å². The lowest BCUT2D eigenvalue weighted by molar-refractivity contribution is 0.101. The summed E-state index contributed by atoms with van der Waals surface area (Å²) in [6, 6.07) is 3.23. The molecule has 0 fully saturated rings. The molecule has 2 aromatic heterocycles. The molecule has 0 unspecified atom stereocenters. The van der Waals surface area contributed by atoms with Crippen LogP contribution >= 0.6 is 0 Å². The molecule has 0 spiro atoms. The SMILES string of the molecule is Cc1[nH]c2ncc(NC(=O)c3c(F)ccc(NS(=O)(=O)CCCF)c3F)cc2c1C. The lowest BCUT2D eigenvalue weighted by Crippen LogP contribution is -2.21. The van der Waals surface area contributed by atoms with E-state index in [2.05, 4.69) is 15.3 Å². The van der Waals surface area contributed by atoms with E-state index in [0.29, 0.717) is 5.65 Å². The molecule has 160 valence electrons. The number of fused-ring (bicyclic) bond motifs is 1. The van der Waals surface area contributed by atoms with E-state index < -0.39 is 51.2 Å². The third kappa shape index (κ3) is 4.40. The van der Waals surface area contributed by atoms with Crippen LogP contribution in [0.25, 0.3) is 11.0 Å². The molecule has 0 radical (unpaired) electrons. The largest absolute Gasteiger partial charge is 0.343 e. The number of aromatic nitrogens is 2. The molecule has 30 heavy (non-hydrogen) atoms. The number of rotatable bonds is 7. The number of pyridine rings is 1. The summed E-state index contributed by atoms with van der Waals surface area (Å²) < 4.78 is 66.8. The summed E-state index contributed by atoms with van der Waals surface area (Å²) in [4.78, 5) is 19.8. The van der Waals surface area contributed by atoms with Crippen molar-refractivity contribution < 1.29 is 26.4 Å². The van der Waals surface area contributed by atoms with Crippen LogP contribution in [0.1, 0.15) is 28.0 Å². The Morgan fingerprint density at radius 3 is 2.67 bits per heavy atom. The standard InChI is InChI=1S/C19H19F3N4O3S/c1-10-11(2)24-18-13(10)8-12(9-23-18)25-19(27)16-14(21)4-5-15(17(16)22)26-30(28,29)7-3-6-20/h4-5,8-9,26H,3,6-7H2,1-2H3,(H,23,24)(H,25,27). The van der Waals surface area contributed by atoms with Crippen molar-refractivity contribution in [3.05, 3.63) is 52.9 Å². The highest BCUT2D eigenvalue weighted by Gasteiger charge is 2.23. The molecule has 0 aliphatic carbocycles. The van der Waals surface area contributed by atoms with E-state index in [1.54, 1.807) is 6.07 Å². The molecule has 0 bridgehead atoms. The Labute approximate surface area is 170 Å². The number of carbonyl (C=O) groups excluding carboxylic acids is 1. The summed E-state index contributed by atoms with van der Waals surface area (Å²) in [5.41, 5.74) is 1.06. The average molecular weight is 440 g/mol. The highest BCUT2D eigenvalue weighted by molar-refractivity contribution is 7.92. The summed E-state index contributed by atoms with van der Waals surface area (Å²) in [6.07, 6.45) is 1.05. The summed E-state index contributed by atoms with van der Waals surface area (Å²) in [7, 11) is -4.06. The molecular weight excluding hydrogens is 421 g/mol. The first-order valence-corrected chi connectivity index (χ1v) is 10.6. The van der Waals surface area contributed by atoms with E-state index in [9.17, 15) is 26.4 Å². The predicted octanol–water partition coefficient (Wildman–Crippen LogP) is 3.81. The van der Waals surface area contributed by atoms with Crippen LogP contribution in [0.4, 0.5) is 24.5 Å². The number of sulfonamides is 1. The minimum atomic E-state index is -4.06. The molecule has 3 rings (SSSR count). The number of carbonyl (C=O) groups is 1. The van der Waals surface area contributed by atoms with Crippen molar-refractivity contribution >= 4 is 38.3 Å². The summed E-state index contributed by atoms with van der Waals surface area (Å²) >= 11 is 0. The van der Waals surface area contributed by atoms with Gasteiger partial charge in [0.15, 0.2) is 5.82 Å². The van der Waals surface area contributed by atoms with Crippen molar-refractivity contribution in [1.29, 1.82) is 0 Å². The predicted molar refractivity (Wildman–Crippen MR) is 108 cm³/mol. The molecule has 0 aliphatic rings. The maximum atomic E-state index is 14.7.